The molecule has 0 aliphatic carbocycles. The molecule has 1 aliphatic heterocycles. The predicted octanol–water partition coefficient (Wildman–Crippen LogP) is -2.97. The zero-order chi connectivity index (χ0) is 38.4. The van der Waals surface area contributed by atoms with Crippen molar-refractivity contribution < 1.29 is 48.9 Å². The lowest BCUT2D eigenvalue weighted by atomic mass is 10.00. The first kappa shape index (κ1) is 40.9. The number of benzene rings is 1. The number of carbonyl (C=O) groups is 7. The van der Waals surface area contributed by atoms with E-state index in [1.165, 1.54) is 41.7 Å². The number of H-pyrrole nitrogens is 1. The third-order valence-corrected chi connectivity index (χ3v) is 8.24. The Balaban J connectivity index is 1.82. The van der Waals surface area contributed by atoms with Gasteiger partial charge in [-0.15, -0.1) is 0 Å². The number of rotatable bonds is 19. The Bertz CT molecular complexity index is 1550. The van der Waals surface area contributed by atoms with Gasteiger partial charge in [0, 0.05) is 31.3 Å². The van der Waals surface area contributed by atoms with E-state index in [9.17, 15) is 43.8 Å². The van der Waals surface area contributed by atoms with Gasteiger partial charge in [-0.05, 0) is 42.9 Å². The molecule has 2 heterocycles. The largest absolute Gasteiger partial charge is 0.508 e. The fraction of sp³-hybridized carbons (Fsp3) is 0.515. The number of carboxylic acids is 1. The van der Waals surface area contributed by atoms with Crippen LogP contribution < -0.4 is 32.3 Å². The summed E-state index contributed by atoms with van der Waals surface area (Å²) in [5, 5.41) is 41.3. The maximum Gasteiger partial charge on any atom is 0.322 e. The normalized spacial score (nSPS) is 16.2. The number of aliphatic hydroxyl groups is 1. The molecule has 52 heavy (non-hydrogen) atoms. The van der Waals surface area contributed by atoms with Gasteiger partial charge >= 0.3 is 5.97 Å². The number of phenols is 1. The number of phenolic OH excluding ortho intramolecular Hbond substituents is 1. The van der Waals surface area contributed by atoms with E-state index in [0.717, 1.165) is 0 Å². The Morgan fingerprint density at radius 3 is 2.10 bits per heavy atom. The number of nitrogens with two attached hydrogens (primary N) is 1. The second-order valence-corrected chi connectivity index (χ2v) is 12.8. The van der Waals surface area contributed by atoms with Gasteiger partial charge in [-0.2, -0.15) is 0 Å². The molecule has 1 aromatic heterocycles. The number of aliphatic carboxylic acids is 1. The Hall–Kier alpha value is -5.56. The van der Waals surface area contributed by atoms with Crippen LogP contribution in [0.4, 0.5) is 0 Å². The van der Waals surface area contributed by atoms with Crippen molar-refractivity contribution in [1.29, 1.82) is 0 Å². The van der Waals surface area contributed by atoms with Crippen molar-refractivity contribution in [1.82, 2.24) is 41.5 Å². The van der Waals surface area contributed by atoms with Gasteiger partial charge in [-0.3, -0.25) is 33.6 Å². The number of carbonyl (C=O) groups excluding carboxylic acids is 6. The molecule has 1 saturated heterocycles. The number of nitrogens with one attached hydrogen (secondary N) is 6. The number of hydrogen-bond donors (Lipinski definition) is 10. The Labute approximate surface area is 299 Å². The number of aliphatic hydroxyl groups excluding tert-OH is 1. The lowest BCUT2D eigenvalue weighted by Crippen LogP contribution is -2.60. The monoisotopic (exact) mass is 729 g/mol. The molecule has 1 aliphatic rings. The van der Waals surface area contributed by atoms with E-state index in [0.29, 0.717) is 30.6 Å². The van der Waals surface area contributed by atoms with Crippen LogP contribution in [-0.4, -0.2) is 128 Å². The van der Waals surface area contributed by atoms with Crippen molar-refractivity contribution in [3.8, 4) is 5.75 Å². The van der Waals surface area contributed by atoms with Gasteiger partial charge in [0.25, 0.3) is 0 Å². The quantitative estimate of drug-likeness (QED) is 0.0694. The highest BCUT2D eigenvalue weighted by Gasteiger charge is 2.36. The summed E-state index contributed by atoms with van der Waals surface area (Å²) in [6.45, 7) is 2.05. The molecule has 2 aromatic rings. The molecule has 0 spiro atoms. The maximum absolute atomic E-state index is 13.9. The first-order chi connectivity index (χ1) is 24.7. The fourth-order valence-electron chi connectivity index (χ4n) is 5.63. The maximum atomic E-state index is 13.9. The molecule has 0 saturated carbocycles. The van der Waals surface area contributed by atoms with E-state index in [-0.39, 0.29) is 37.5 Å². The number of hydrogen-bond acceptors (Lipinski definition) is 11. The highest BCUT2D eigenvalue weighted by Crippen LogP contribution is 2.18. The molecule has 1 aromatic carbocycles. The Kier molecular flexibility index (Phi) is 15.5. The van der Waals surface area contributed by atoms with Crippen molar-refractivity contribution >= 4 is 41.4 Å². The summed E-state index contributed by atoms with van der Waals surface area (Å²) in [4.78, 5) is 98.3. The number of aromatic hydroxyl groups is 1. The highest BCUT2D eigenvalue weighted by atomic mass is 16.4. The first-order valence-electron chi connectivity index (χ1n) is 16.8. The summed E-state index contributed by atoms with van der Waals surface area (Å²) in [5.41, 5.74) is 6.44. The summed E-state index contributed by atoms with van der Waals surface area (Å²) in [6, 6.07) is -0.470. The molecular weight excluding hydrogens is 682 g/mol. The third-order valence-electron chi connectivity index (χ3n) is 8.24. The van der Waals surface area contributed by atoms with Crippen LogP contribution in [0.25, 0.3) is 0 Å². The van der Waals surface area contributed by atoms with Gasteiger partial charge in [0.05, 0.1) is 19.5 Å². The minimum Gasteiger partial charge on any atom is -0.508 e. The summed E-state index contributed by atoms with van der Waals surface area (Å²) in [6.07, 6.45) is 3.54. The number of nitrogens with zero attached hydrogens (tertiary/aromatic N) is 2. The van der Waals surface area contributed by atoms with Crippen molar-refractivity contribution in [3.05, 3.63) is 48.0 Å². The molecule has 0 radical (unpaired) electrons. The van der Waals surface area contributed by atoms with Crippen LogP contribution in [0, 0.1) is 5.92 Å². The predicted molar refractivity (Wildman–Crippen MR) is 183 cm³/mol. The fourth-order valence-corrected chi connectivity index (χ4v) is 5.63. The van der Waals surface area contributed by atoms with E-state index < -0.39 is 84.8 Å². The second-order valence-electron chi connectivity index (χ2n) is 12.8. The summed E-state index contributed by atoms with van der Waals surface area (Å²) < 4.78 is 0. The van der Waals surface area contributed by atoms with Crippen LogP contribution in [0.5, 0.6) is 5.75 Å². The molecule has 284 valence electrons. The van der Waals surface area contributed by atoms with Crippen LogP contribution in [0.3, 0.4) is 0 Å². The van der Waals surface area contributed by atoms with Crippen LogP contribution in [-0.2, 0) is 46.4 Å². The molecular formula is C33H47N9O10. The lowest BCUT2D eigenvalue weighted by molar-refractivity contribution is -0.139. The molecule has 1 fully saturated rings. The second kappa shape index (κ2) is 19.7. The molecule has 19 nitrogen and oxygen atoms in total. The number of likely N-dealkylation sites (tertiary alicyclic amines) is 1. The lowest BCUT2D eigenvalue weighted by Gasteiger charge is -2.28. The number of imidazole rings is 1. The number of carboxylic acid groups (broad SMARTS) is 1. The summed E-state index contributed by atoms with van der Waals surface area (Å²) in [5.74, 6) is -5.91. The van der Waals surface area contributed by atoms with Crippen LogP contribution in [0.15, 0.2) is 36.8 Å². The molecule has 0 bridgehead atoms. The third kappa shape index (κ3) is 12.3. The van der Waals surface area contributed by atoms with Gasteiger partial charge < -0.3 is 57.5 Å². The molecule has 0 unspecified atom stereocenters. The molecule has 19 heteroatoms. The standard InChI is InChI=1S/C33H47N9O10/c1-18(2)10-22(30(49)40-24(12-20-14-35-17-37-20)29(48)36-15-28(46)47)38-31(50)23(11-19-5-7-21(44)8-6-19)39-32(51)25(16-43)41-33(52)26-4-3-9-42(26)27(45)13-34/h5-8,14,17-18,22-26,43-44H,3-4,9-13,15-16,34H2,1-2H3,(H,35,37)(H,36,48)(H,38,50)(H,39,51)(H,40,49)(H,41,52)(H,46,47)/t22-,23-,24-,25-,26-/m0/s1. The van der Waals surface area contributed by atoms with Gasteiger partial charge in [0.1, 0.15) is 42.5 Å². The summed E-state index contributed by atoms with van der Waals surface area (Å²) in [7, 11) is 0. The molecule has 11 N–H and O–H groups in total. The van der Waals surface area contributed by atoms with Crippen LogP contribution >= 0.6 is 0 Å². The number of aromatic nitrogens is 2. The SMILES string of the molecule is CC(C)C[C@H](NC(=O)[C@H](Cc1ccc(O)cc1)NC(=O)[C@H](CO)NC(=O)[C@@H]1CCCN1C(=O)CN)C(=O)N[C@@H](Cc1cnc[nH]1)C(=O)NCC(=O)O. The zero-order valence-corrected chi connectivity index (χ0v) is 29.0. The molecule has 3 rings (SSSR count). The zero-order valence-electron chi connectivity index (χ0n) is 29.0. The topological polar surface area (TPSA) is 298 Å². The number of aromatic amines is 1. The average molecular weight is 730 g/mol. The first-order valence-corrected chi connectivity index (χ1v) is 16.8. The van der Waals surface area contributed by atoms with Gasteiger partial charge in [-0.1, -0.05) is 26.0 Å². The smallest absolute Gasteiger partial charge is 0.322 e. The van der Waals surface area contributed by atoms with Crippen LogP contribution in [0.1, 0.15) is 44.4 Å². The van der Waals surface area contributed by atoms with Crippen molar-refractivity contribution in [3.63, 3.8) is 0 Å². The van der Waals surface area contributed by atoms with Crippen molar-refractivity contribution in [2.45, 2.75) is 76.2 Å². The molecule has 6 amide bonds. The average Bonchev–Trinajstić information content (AvgIpc) is 3.82. The van der Waals surface area contributed by atoms with Gasteiger partial charge in [0.2, 0.25) is 35.4 Å². The van der Waals surface area contributed by atoms with E-state index >= 15 is 0 Å². The van der Waals surface area contributed by atoms with E-state index in [2.05, 4.69) is 36.6 Å². The Morgan fingerprint density at radius 2 is 1.52 bits per heavy atom. The Morgan fingerprint density at radius 1 is 0.904 bits per heavy atom. The van der Waals surface area contributed by atoms with E-state index in [4.69, 9.17) is 10.8 Å². The van der Waals surface area contributed by atoms with Crippen molar-refractivity contribution in [2.24, 2.45) is 11.7 Å². The summed E-state index contributed by atoms with van der Waals surface area (Å²) >= 11 is 0. The minimum atomic E-state index is -1.51. The van der Waals surface area contributed by atoms with Crippen LogP contribution in [0.2, 0.25) is 0 Å². The van der Waals surface area contributed by atoms with E-state index in [1.54, 1.807) is 13.8 Å². The highest BCUT2D eigenvalue weighted by molar-refractivity contribution is 5.97. The minimum absolute atomic E-state index is 0.0448. The molecule has 5 atom stereocenters. The van der Waals surface area contributed by atoms with Gasteiger partial charge in [0.15, 0.2) is 0 Å². The van der Waals surface area contributed by atoms with Crippen molar-refractivity contribution in [2.75, 3.05) is 26.2 Å². The number of amides is 6. The van der Waals surface area contributed by atoms with Gasteiger partial charge in [-0.25, -0.2) is 4.98 Å². The van der Waals surface area contributed by atoms with E-state index in [1.807, 2.05) is 0 Å².